The van der Waals surface area contributed by atoms with E-state index in [-0.39, 0.29) is 24.0 Å². The zero-order valence-electron chi connectivity index (χ0n) is 15.1. The molecule has 6 nitrogen and oxygen atoms in total. The van der Waals surface area contributed by atoms with Gasteiger partial charge in [-0.3, -0.25) is 9.67 Å². The fraction of sp³-hybridized carbons (Fsp3) is 0.444. The van der Waals surface area contributed by atoms with Gasteiger partial charge in [0.1, 0.15) is 0 Å². The lowest BCUT2D eigenvalue weighted by Gasteiger charge is -2.19. The maximum absolute atomic E-state index is 4.26. The molecule has 2 N–H and O–H groups in total. The number of nitrogens with zero attached hydrogens (tertiary/aromatic N) is 4. The fourth-order valence-corrected chi connectivity index (χ4v) is 2.44. The lowest BCUT2D eigenvalue weighted by molar-refractivity contribution is 0.570. The van der Waals surface area contributed by atoms with Crippen LogP contribution in [0, 0.1) is 0 Å². The second-order valence-electron chi connectivity index (χ2n) is 5.66. The monoisotopic (exact) mass is 456 g/mol. The molecule has 0 radical (unpaired) electrons. The Morgan fingerprint density at radius 1 is 1.12 bits per heavy atom. The molecule has 1 aromatic carbocycles. The van der Waals surface area contributed by atoms with Crippen molar-refractivity contribution in [3.05, 3.63) is 48.8 Å². The Hall–Kier alpha value is -1.77. The molecule has 138 valence electrons. The van der Waals surface area contributed by atoms with Gasteiger partial charge in [-0.25, -0.2) is 0 Å². The van der Waals surface area contributed by atoms with E-state index in [1.807, 2.05) is 23.0 Å². The number of aromatic nitrogens is 2. The van der Waals surface area contributed by atoms with Gasteiger partial charge in [-0.1, -0.05) is 18.2 Å². The summed E-state index contributed by atoms with van der Waals surface area (Å²) in [6.07, 6.45) is 5.86. The first-order valence-electron chi connectivity index (χ1n) is 8.47. The highest BCUT2D eigenvalue weighted by Crippen LogP contribution is 2.10. The zero-order chi connectivity index (χ0) is 17.0. The molecule has 0 aliphatic carbocycles. The highest BCUT2D eigenvalue weighted by molar-refractivity contribution is 14.0. The predicted octanol–water partition coefficient (Wildman–Crippen LogP) is 2.58. The highest BCUT2D eigenvalue weighted by Gasteiger charge is 2.01. The normalized spacial score (nSPS) is 10.9. The van der Waals surface area contributed by atoms with Crippen molar-refractivity contribution in [3.8, 4) is 0 Å². The largest absolute Gasteiger partial charge is 0.375 e. The lowest BCUT2D eigenvalue weighted by atomic mass is 10.3. The number of nitrogens with one attached hydrogen (secondary N) is 2. The Bertz CT molecular complexity index is 585. The number of guanidine groups is 1. The number of para-hydroxylation sites is 1. The van der Waals surface area contributed by atoms with Gasteiger partial charge in [-0.15, -0.1) is 24.0 Å². The smallest absolute Gasteiger partial charge is 0.190 e. The average Bonchev–Trinajstić information content (AvgIpc) is 3.14. The molecule has 0 fully saturated rings. The van der Waals surface area contributed by atoms with Crippen molar-refractivity contribution >= 4 is 35.6 Å². The van der Waals surface area contributed by atoms with Gasteiger partial charge in [0.15, 0.2) is 5.96 Å². The van der Waals surface area contributed by atoms with E-state index < -0.39 is 0 Å². The molecular formula is C18H29IN6. The third-order valence-corrected chi connectivity index (χ3v) is 3.80. The van der Waals surface area contributed by atoms with Crippen LogP contribution in [-0.4, -0.2) is 49.5 Å². The highest BCUT2D eigenvalue weighted by atomic mass is 127. The first-order chi connectivity index (χ1) is 11.8. The Morgan fingerprint density at radius 3 is 2.48 bits per heavy atom. The summed E-state index contributed by atoms with van der Waals surface area (Å²) in [4.78, 5) is 6.52. The minimum Gasteiger partial charge on any atom is -0.375 e. The fourth-order valence-electron chi connectivity index (χ4n) is 2.44. The maximum atomic E-state index is 4.26. The van der Waals surface area contributed by atoms with Gasteiger partial charge in [0.25, 0.3) is 0 Å². The van der Waals surface area contributed by atoms with Crippen LogP contribution in [0.3, 0.4) is 0 Å². The SMILES string of the molecule is CN=C(NCCCN(C)c1ccccc1)NCCCn1cccn1.I. The van der Waals surface area contributed by atoms with Crippen LogP contribution in [0.2, 0.25) is 0 Å². The standard InChI is InChI=1S/C18H28N6.HI/c1-19-18(21-12-7-15-24-16-8-13-22-24)20-11-6-14-23(2)17-9-4-3-5-10-17;/h3-5,8-10,13,16H,6-7,11-12,14-15H2,1-2H3,(H2,19,20,21);1H. The summed E-state index contributed by atoms with van der Waals surface area (Å²) < 4.78 is 1.94. The molecule has 2 rings (SSSR count). The van der Waals surface area contributed by atoms with Gasteiger partial charge in [0.2, 0.25) is 0 Å². The second-order valence-corrected chi connectivity index (χ2v) is 5.66. The van der Waals surface area contributed by atoms with Gasteiger partial charge in [-0.05, 0) is 31.0 Å². The van der Waals surface area contributed by atoms with E-state index in [1.165, 1.54) is 5.69 Å². The summed E-state index contributed by atoms with van der Waals surface area (Å²) >= 11 is 0. The quantitative estimate of drug-likeness (QED) is 0.264. The van der Waals surface area contributed by atoms with E-state index in [0.717, 1.165) is 45.0 Å². The van der Waals surface area contributed by atoms with E-state index in [1.54, 1.807) is 13.2 Å². The van der Waals surface area contributed by atoms with Gasteiger partial charge in [0.05, 0.1) is 0 Å². The van der Waals surface area contributed by atoms with Crippen molar-refractivity contribution in [1.29, 1.82) is 0 Å². The molecule has 0 saturated carbocycles. The molecule has 0 atom stereocenters. The molecule has 0 aliphatic heterocycles. The van der Waals surface area contributed by atoms with Crippen molar-refractivity contribution in [3.63, 3.8) is 0 Å². The van der Waals surface area contributed by atoms with Crippen LogP contribution in [0.1, 0.15) is 12.8 Å². The second kappa shape index (κ2) is 12.6. The summed E-state index contributed by atoms with van der Waals surface area (Å²) in [6.45, 7) is 3.70. The predicted molar refractivity (Wildman–Crippen MR) is 116 cm³/mol. The van der Waals surface area contributed by atoms with Crippen molar-refractivity contribution in [2.75, 3.05) is 38.6 Å². The molecule has 0 unspecified atom stereocenters. The number of aryl methyl sites for hydroxylation is 1. The number of benzene rings is 1. The van der Waals surface area contributed by atoms with Crippen LogP contribution in [0.15, 0.2) is 53.8 Å². The van der Waals surface area contributed by atoms with Crippen LogP contribution < -0.4 is 15.5 Å². The first kappa shape index (κ1) is 21.3. The van der Waals surface area contributed by atoms with Gasteiger partial charge in [0, 0.05) is 58.4 Å². The number of rotatable bonds is 9. The van der Waals surface area contributed by atoms with E-state index in [0.29, 0.717) is 0 Å². The molecule has 0 bridgehead atoms. The van der Waals surface area contributed by atoms with Crippen LogP contribution >= 0.6 is 24.0 Å². The lowest BCUT2D eigenvalue weighted by Crippen LogP contribution is -2.39. The third-order valence-electron chi connectivity index (χ3n) is 3.80. The molecule has 0 aliphatic rings. The molecule has 7 heteroatoms. The van der Waals surface area contributed by atoms with Crippen molar-refractivity contribution in [2.45, 2.75) is 19.4 Å². The molecule has 0 amide bonds. The van der Waals surface area contributed by atoms with Crippen LogP contribution in [0.4, 0.5) is 5.69 Å². The van der Waals surface area contributed by atoms with Crippen LogP contribution in [0.25, 0.3) is 0 Å². The molecule has 0 saturated heterocycles. The van der Waals surface area contributed by atoms with Crippen molar-refractivity contribution < 1.29 is 0 Å². The minimum absolute atomic E-state index is 0. The Labute approximate surface area is 167 Å². The van der Waals surface area contributed by atoms with E-state index in [2.05, 4.69) is 56.9 Å². The minimum atomic E-state index is 0. The van der Waals surface area contributed by atoms with E-state index in [9.17, 15) is 0 Å². The number of hydrogen-bond donors (Lipinski definition) is 2. The van der Waals surface area contributed by atoms with E-state index in [4.69, 9.17) is 0 Å². The summed E-state index contributed by atoms with van der Waals surface area (Å²) in [5.74, 6) is 0.859. The van der Waals surface area contributed by atoms with Crippen molar-refractivity contribution in [2.24, 2.45) is 4.99 Å². The van der Waals surface area contributed by atoms with Gasteiger partial charge in [-0.2, -0.15) is 5.10 Å². The first-order valence-corrected chi connectivity index (χ1v) is 8.47. The molecule has 2 aromatic rings. The third kappa shape index (κ3) is 8.24. The van der Waals surface area contributed by atoms with Gasteiger partial charge < -0.3 is 15.5 Å². The molecule has 0 spiro atoms. The number of anilines is 1. The number of halogens is 1. The average molecular weight is 456 g/mol. The molecule has 1 heterocycles. The Kier molecular flexibility index (Phi) is 10.7. The van der Waals surface area contributed by atoms with Crippen molar-refractivity contribution in [1.82, 2.24) is 20.4 Å². The Balaban J connectivity index is 0.00000312. The summed E-state index contributed by atoms with van der Waals surface area (Å²) in [5.41, 5.74) is 1.25. The number of aliphatic imine (C=N–C) groups is 1. The number of hydrogen-bond acceptors (Lipinski definition) is 3. The summed E-state index contributed by atoms with van der Waals surface area (Å²) in [5, 5.41) is 10.9. The van der Waals surface area contributed by atoms with Gasteiger partial charge >= 0.3 is 0 Å². The van der Waals surface area contributed by atoms with Crippen LogP contribution in [-0.2, 0) is 6.54 Å². The molecule has 25 heavy (non-hydrogen) atoms. The molecular weight excluding hydrogens is 427 g/mol. The topological polar surface area (TPSA) is 57.5 Å². The Morgan fingerprint density at radius 2 is 1.84 bits per heavy atom. The maximum Gasteiger partial charge on any atom is 0.190 e. The summed E-state index contributed by atoms with van der Waals surface area (Å²) in [7, 11) is 3.93. The summed E-state index contributed by atoms with van der Waals surface area (Å²) in [6, 6.07) is 12.4. The molecule has 1 aromatic heterocycles. The zero-order valence-corrected chi connectivity index (χ0v) is 17.4. The van der Waals surface area contributed by atoms with Crippen LogP contribution in [0.5, 0.6) is 0 Å². The van der Waals surface area contributed by atoms with E-state index >= 15 is 0 Å².